The molecule has 0 spiro atoms. The first kappa shape index (κ1) is 20.3. The molecule has 0 atom stereocenters. The first-order valence-corrected chi connectivity index (χ1v) is 9.69. The molecule has 31 heavy (non-hydrogen) atoms. The van der Waals surface area contributed by atoms with Crippen LogP contribution in [0, 0.1) is 26.6 Å². The fraction of sp³-hybridized carbons (Fsp3) is 0.125. The average Bonchev–Trinajstić information content (AvgIpc) is 2.99. The quantitative estimate of drug-likeness (QED) is 0.513. The van der Waals surface area contributed by atoms with Crippen LogP contribution in [-0.4, -0.2) is 22.4 Å². The number of carbonyl (C=O) groups excluding carboxylic acids is 3. The van der Waals surface area contributed by atoms with Gasteiger partial charge < -0.3 is 4.57 Å². The maximum absolute atomic E-state index is 13.3. The van der Waals surface area contributed by atoms with Crippen LogP contribution in [0.5, 0.6) is 0 Å². The van der Waals surface area contributed by atoms with Gasteiger partial charge in [-0.3, -0.25) is 14.9 Å². The minimum atomic E-state index is -0.783. The Morgan fingerprint density at radius 3 is 2.29 bits per heavy atom. The van der Waals surface area contributed by atoms with Gasteiger partial charge in [0.1, 0.15) is 11.4 Å². The molecule has 3 aromatic rings. The highest BCUT2D eigenvalue weighted by Gasteiger charge is 2.37. The summed E-state index contributed by atoms with van der Waals surface area (Å²) in [6, 6.07) is 14.0. The van der Waals surface area contributed by atoms with E-state index in [4.69, 9.17) is 0 Å². The van der Waals surface area contributed by atoms with Gasteiger partial charge in [-0.1, -0.05) is 12.1 Å². The van der Waals surface area contributed by atoms with Crippen molar-refractivity contribution in [1.29, 1.82) is 0 Å². The van der Waals surface area contributed by atoms with Crippen LogP contribution in [0.25, 0.3) is 11.8 Å². The van der Waals surface area contributed by atoms with E-state index in [-0.39, 0.29) is 11.4 Å². The van der Waals surface area contributed by atoms with Gasteiger partial charge in [0, 0.05) is 17.1 Å². The molecule has 1 saturated heterocycles. The highest BCUT2D eigenvalue weighted by atomic mass is 19.1. The van der Waals surface area contributed by atoms with Crippen molar-refractivity contribution in [3.05, 3.63) is 88.5 Å². The fourth-order valence-corrected chi connectivity index (χ4v) is 3.74. The molecule has 1 aliphatic heterocycles. The minimum absolute atomic E-state index is 0.138. The van der Waals surface area contributed by atoms with Crippen molar-refractivity contribution in [3.63, 3.8) is 0 Å². The number of barbiturate groups is 1. The number of nitrogens with zero attached hydrogens (tertiary/aromatic N) is 2. The number of anilines is 1. The lowest BCUT2D eigenvalue weighted by molar-refractivity contribution is -0.122. The smallest absolute Gasteiger partial charge is 0.318 e. The van der Waals surface area contributed by atoms with Gasteiger partial charge in [0.05, 0.1) is 5.69 Å². The number of imide groups is 2. The normalized spacial score (nSPS) is 15.5. The Morgan fingerprint density at radius 2 is 1.61 bits per heavy atom. The molecule has 1 aromatic heterocycles. The van der Waals surface area contributed by atoms with Crippen molar-refractivity contribution in [2.75, 3.05) is 4.90 Å². The number of urea groups is 1. The van der Waals surface area contributed by atoms with Crippen molar-refractivity contribution >= 4 is 29.6 Å². The number of amides is 4. The number of hydrogen-bond donors (Lipinski definition) is 1. The summed E-state index contributed by atoms with van der Waals surface area (Å²) in [5.74, 6) is -1.77. The molecule has 156 valence electrons. The first-order chi connectivity index (χ1) is 14.8. The topological polar surface area (TPSA) is 71.4 Å². The number of halogens is 1. The number of benzene rings is 2. The molecule has 0 saturated carbocycles. The highest BCUT2D eigenvalue weighted by Crippen LogP contribution is 2.26. The van der Waals surface area contributed by atoms with E-state index in [1.54, 1.807) is 30.3 Å². The third kappa shape index (κ3) is 3.66. The Hall–Kier alpha value is -4.00. The minimum Gasteiger partial charge on any atom is -0.318 e. The molecule has 1 N–H and O–H groups in total. The SMILES string of the molecule is Cc1cccc(N2C(=O)NC(=O)/C(=C/c3cc(C)n(-c4ccc(F)cc4)c3C)C2=O)c1. The third-order valence-corrected chi connectivity index (χ3v) is 5.22. The lowest BCUT2D eigenvalue weighted by atomic mass is 10.1. The van der Waals surface area contributed by atoms with Gasteiger partial charge in [0.15, 0.2) is 0 Å². The van der Waals surface area contributed by atoms with Gasteiger partial charge in [0.25, 0.3) is 11.8 Å². The van der Waals surface area contributed by atoms with Crippen LogP contribution in [-0.2, 0) is 9.59 Å². The van der Waals surface area contributed by atoms with E-state index in [2.05, 4.69) is 5.32 Å². The Bertz CT molecular complexity index is 1260. The zero-order valence-electron chi connectivity index (χ0n) is 17.3. The molecule has 2 aromatic carbocycles. The number of carbonyl (C=O) groups is 3. The summed E-state index contributed by atoms with van der Waals surface area (Å²) in [7, 11) is 0. The standard InChI is InChI=1S/C24H20FN3O3/c1-14-5-4-6-20(11-14)28-23(30)21(22(29)26-24(28)31)13-17-12-15(2)27(16(17)3)19-9-7-18(25)8-10-19/h4-13H,1-3H3,(H,26,29,31)/b21-13-. The molecule has 0 unspecified atom stereocenters. The van der Waals surface area contributed by atoms with E-state index >= 15 is 0 Å². The summed E-state index contributed by atoms with van der Waals surface area (Å²) in [5.41, 5.74) is 4.17. The van der Waals surface area contributed by atoms with Crippen LogP contribution in [0.1, 0.15) is 22.5 Å². The van der Waals surface area contributed by atoms with Gasteiger partial charge >= 0.3 is 6.03 Å². The second-order valence-electron chi connectivity index (χ2n) is 7.44. The van der Waals surface area contributed by atoms with E-state index in [0.717, 1.165) is 27.5 Å². The third-order valence-electron chi connectivity index (χ3n) is 5.22. The van der Waals surface area contributed by atoms with Crippen molar-refractivity contribution in [2.24, 2.45) is 0 Å². The van der Waals surface area contributed by atoms with E-state index in [1.807, 2.05) is 37.5 Å². The molecule has 4 rings (SSSR count). The summed E-state index contributed by atoms with van der Waals surface area (Å²) >= 11 is 0. The Kier molecular flexibility index (Phi) is 5.02. The molecule has 1 fully saturated rings. The maximum Gasteiger partial charge on any atom is 0.335 e. The van der Waals surface area contributed by atoms with Crippen molar-refractivity contribution in [2.45, 2.75) is 20.8 Å². The van der Waals surface area contributed by atoms with Crippen molar-refractivity contribution < 1.29 is 18.8 Å². The lowest BCUT2D eigenvalue weighted by Crippen LogP contribution is -2.54. The van der Waals surface area contributed by atoms with Crippen molar-refractivity contribution in [1.82, 2.24) is 9.88 Å². The molecule has 6 nitrogen and oxygen atoms in total. The molecule has 0 bridgehead atoms. The molecular weight excluding hydrogens is 397 g/mol. The Morgan fingerprint density at radius 1 is 0.903 bits per heavy atom. The zero-order chi connectivity index (χ0) is 22.3. The maximum atomic E-state index is 13.3. The van der Waals surface area contributed by atoms with Crippen LogP contribution in [0.15, 0.2) is 60.2 Å². The van der Waals surface area contributed by atoms with Crippen LogP contribution in [0.3, 0.4) is 0 Å². The number of aromatic nitrogens is 1. The van der Waals surface area contributed by atoms with Crippen LogP contribution in [0.2, 0.25) is 0 Å². The molecular formula is C24H20FN3O3. The fourth-order valence-electron chi connectivity index (χ4n) is 3.74. The number of aryl methyl sites for hydroxylation is 2. The van der Waals surface area contributed by atoms with E-state index in [9.17, 15) is 18.8 Å². The van der Waals surface area contributed by atoms with Crippen LogP contribution < -0.4 is 10.2 Å². The van der Waals surface area contributed by atoms with Crippen molar-refractivity contribution in [3.8, 4) is 5.69 Å². The summed E-state index contributed by atoms with van der Waals surface area (Å²) in [5, 5.41) is 2.24. The van der Waals surface area contributed by atoms with Crippen LogP contribution >= 0.6 is 0 Å². The molecule has 0 radical (unpaired) electrons. The summed E-state index contributed by atoms with van der Waals surface area (Å²) in [6.45, 7) is 5.57. The summed E-state index contributed by atoms with van der Waals surface area (Å²) < 4.78 is 15.2. The predicted octanol–water partition coefficient (Wildman–Crippen LogP) is 4.21. The number of rotatable bonds is 3. The highest BCUT2D eigenvalue weighted by molar-refractivity contribution is 6.39. The molecule has 7 heteroatoms. The van der Waals surface area contributed by atoms with Gasteiger partial charge in [-0.15, -0.1) is 0 Å². The number of nitrogens with one attached hydrogen (secondary N) is 1. The zero-order valence-corrected chi connectivity index (χ0v) is 17.3. The second kappa shape index (κ2) is 7.68. The second-order valence-corrected chi connectivity index (χ2v) is 7.44. The molecule has 1 aliphatic rings. The van der Waals surface area contributed by atoms with Crippen LogP contribution in [0.4, 0.5) is 14.9 Å². The van der Waals surface area contributed by atoms with Gasteiger partial charge in [0.2, 0.25) is 0 Å². The van der Waals surface area contributed by atoms with E-state index < -0.39 is 17.8 Å². The Balaban J connectivity index is 1.76. The number of hydrogen-bond acceptors (Lipinski definition) is 3. The van der Waals surface area contributed by atoms with E-state index in [0.29, 0.717) is 11.3 Å². The monoisotopic (exact) mass is 417 g/mol. The predicted molar refractivity (Wildman–Crippen MR) is 115 cm³/mol. The first-order valence-electron chi connectivity index (χ1n) is 9.69. The van der Waals surface area contributed by atoms with Gasteiger partial charge in [-0.25, -0.2) is 14.1 Å². The molecule has 2 heterocycles. The summed E-state index contributed by atoms with van der Waals surface area (Å²) in [6.07, 6.45) is 1.48. The largest absolute Gasteiger partial charge is 0.335 e. The van der Waals surface area contributed by atoms with Gasteiger partial charge in [-0.2, -0.15) is 0 Å². The molecule has 0 aliphatic carbocycles. The van der Waals surface area contributed by atoms with Gasteiger partial charge in [-0.05, 0) is 80.4 Å². The lowest BCUT2D eigenvalue weighted by Gasteiger charge is -2.26. The Labute approximate surface area is 178 Å². The average molecular weight is 417 g/mol. The van der Waals surface area contributed by atoms with E-state index in [1.165, 1.54) is 18.2 Å². The molecule has 4 amide bonds. The summed E-state index contributed by atoms with van der Waals surface area (Å²) in [4.78, 5) is 38.9.